The Morgan fingerprint density at radius 3 is 1.96 bits per heavy atom. The van der Waals surface area contributed by atoms with Crippen molar-refractivity contribution in [2.45, 2.75) is 5.60 Å². The molecule has 0 atom stereocenters. The molecule has 3 N–H and O–H groups in total. The van der Waals surface area contributed by atoms with Gasteiger partial charge in [-0.3, -0.25) is 0 Å². The highest BCUT2D eigenvalue weighted by atomic mass is 16.5. The van der Waals surface area contributed by atoms with E-state index >= 15 is 0 Å². The lowest BCUT2D eigenvalue weighted by molar-refractivity contribution is -1.01. The van der Waals surface area contributed by atoms with Crippen molar-refractivity contribution in [1.82, 2.24) is 0 Å². The van der Waals surface area contributed by atoms with Gasteiger partial charge in [-0.25, -0.2) is 4.79 Å². The zero-order valence-corrected chi connectivity index (χ0v) is 16.3. The van der Waals surface area contributed by atoms with E-state index in [9.17, 15) is 9.90 Å². The van der Waals surface area contributed by atoms with Crippen LogP contribution in [0.1, 0.15) is 11.1 Å². The van der Waals surface area contributed by atoms with Crippen LogP contribution in [0.15, 0.2) is 73.3 Å². The lowest BCUT2D eigenvalue weighted by Crippen LogP contribution is -3.28. The van der Waals surface area contributed by atoms with Crippen molar-refractivity contribution >= 4 is 5.97 Å². The molecule has 5 heteroatoms. The van der Waals surface area contributed by atoms with Crippen molar-refractivity contribution in [2.75, 3.05) is 45.9 Å². The highest BCUT2D eigenvalue weighted by Crippen LogP contribution is 2.30. The molecule has 0 unspecified atom stereocenters. The van der Waals surface area contributed by atoms with Gasteiger partial charge < -0.3 is 19.6 Å². The van der Waals surface area contributed by atoms with Gasteiger partial charge in [-0.15, -0.1) is 0 Å². The molecule has 0 radical (unpaired) electrons. The summed E-state index contributed by atoms with van der Waals surface area (Å²) in [5.74, 6) is -0.625. The number of ether oxygens (including phenoxy) is 1. The molecule has 0 amide bonds. The standard InChI is InChI=1S/C23H28N2O3/c1-2-13-24-14-16-25(17-15-24)18-19-28-22(26)23(27,20-9-5-3-6-10-20)21-11-7-4-8-12-21/h2-12,27H,1,13-19H2/p+2. The SMILES string of the molecule is C=CC[NH+]1CC[NH+](CCOC(=O)C(O)(c2ccccc2)c2ccccc2)CC1. The lowest BCUT2D eigenvalue weighted by Gasteiger charge is -2.30. The van der Waals surface area contributed by atoms with Crippen molar-refractivity contribution in [3.8, 4) is 0 Å². The zero-order chi connectivity index (χ0) is 19.8. The van der Waals surface area contributed by atoms with E-state index in [-0.39, 0.29) is 0 Å². The van der Waals surface area contributed by atoms with Crippen LogP contribution in [-0.4, -0.2) is 57.0 Å². The second-order valence-electron chi connectivity index (χ2n) is 7.32. The average molecular weight is 383 g/mol. The van der Waals surface area contributed by atoms with Crippen molar-refractivity contribution in [2.24, 2.45) is 0 Å². The van der Waals surface area contributed by atoms with Gasteiger partial charge in [0.2, 0.25) is 5.60 Å². The Labute approximate surface area is 166 Å². The summed E-state index contributed by atoms with van der Waals surface area (Å²) in [5.41, 5.74) is -0.773. The van der Waals surface area contributed by atoms with Gasteiger partial charge in [-0.2, -0.15) is 0 Å². The second kappa shape index (κ2) is 9.64. The van der Waals surface area contributed by atoms with E-state index in [1.165, 1.54) is 4.90 Å². The van der Waals surface area contributed by atoms with Crippen LogP contribution in [0.4, 0.5) is 0 Å². The fraction of sp³-hybridized carbons (Fsp3) is 0.348. The number of carbonyl (C=O) groups is 1. The number of hydrogen-bond acceptors (Lipinski definition) is 3. The van der Waals surface area contributed by atoms with Gasteiger partial charge in [0.1, 0.15) is 39.3 Å². The summed E-state index contributed by atoms with van der Waals surface area (Å²) < 4.78 is 5.56. The normalized spacial score (nSPS) is 19.8. The summed E-state index contributed by atoms with van der Waals surface area (Å²) in [6.45, 7) is 10.2. The maximum atomic E-state index is 12.9. The third-order valence-corrected chi connectivity index (χ3v) is 5.46. The highest BCUT2D eigenvalue weighted by molar-refractivity contribution is 5.85. The minimum Gasteiger partial charge on any atom is -0.457 e. The average Bonchev–Trinajstić information content (AvgIpc) is 2.75. The number of quaternary nitrogens is 2. The zero-order valence-electron chi connectivity index (χ0n) is 16.3. The summed E-state index contributed by atoms with van der Waals surface area (Å²) in [5, 5.41) is 11.4. The first kappa shape index (κ1) is 20.3. The fourth-order valence-corrected chi connectivity index (χ4v) is 3.77. The number of carbonyl (C=O) groups excluding carboxylic acids is 1. The van der Waals surface area contributed by atoms with Gasteiger partial charge >= 0.3 is 5.97 Å². The van der Waals surface area contributed by atoms with Crippen LogP contribution in [0, 0.1) is 0 Å². The summed E-state index contributed by atoms with van der Waals surface area (Å²) in [7, 11) is 0. The summed E-state index contributed by atoms with van der Waals surface area (Å²) >= 11 is 0. The van der Waals surface area contributed by atoms with Crippen molar-refractivity contribution in [3.63, 3.8) is 0 Å². The molecule has 0 bridgehead atoms. The maximum Gasteiger partial charge on any atom is 0.347 e. The van der Waals surface area contributed by atoms with Crippen LogP contribution < -0.4 is 9.80 Å². The van der Waals surface area contributed by atoms with Gasteiger partial charge in [0.05, 0.1) is 6.54 Å². The molecule has 0 aromatic heterocycles. The van der Waals surface area contributed by atoms with Crippen LogP contribution in [0.5, 0.6) is 0 Å². The first-order valence-electron chi connectivity index (χ1n) is 9.93. The minimum atomic E-state index is -1.80. The predicted molar refractivity (Wildman–Crippen MR) is 108 cm³/mol. The Bertz CT molecular complexity index is 716. The van der Waals surface area contributed by atoms with Gasteiger partial charge in [-0.1, -0.05) is 67.2 Å². The van der Waals surface area contributed by atoms with Gasteiger partial charge in [0.15, 0.2) is 0 Å². The van der Waals surface area contributed by atoms with E-state index < -0.39 is 11.6 Å². The van der Waals surface area contributed by atoms with E-state index in [2.05, 4.69) is 6.58 Å². The van der Waals surface area contributed by atoms with Gasteiger partial charge in [0, 0.05) is 0 Å². The first-order chi connectivity index (χ1) is 13.6. The van der Waals surface area contributed by atoms with Crippen molar-refractivity contribution in [1.29, 1.82) is 0 Å². The van der Waals surface area contributed by atoms with Crippen LogP contribution in [-0.2, 0) is 15.1 Å². The van der Waals surface area contributed by atoms with Crippen LogP contribution in [0.3, 0.4) is 0 Å². The van der Waals surface area contributed by atoms with Crippen LogP contribution in [0.25, 0.3) is 0 Å². The van der Waals surface area contributed by atoms with Crippen molar-refractivity contribution < 1.29 is 24.4 Å². The highest BCUT2D eigenvalue weighted by Gasteiger charge is 2.41. The van der Waals surface area contributed by atoms with E-state index in [1.54, 1.807) is 29.2 Å². The molecule has 1 saturated heterocycles. The van der Waals surface area contributed by atoms with Crippen molar-refractivity contribution in [3.05, 3.63) is 84.4 Å². The third kappa shape index (κ3) is 4.68. The van der Waals surface area contributed by atoms with Crippen LogP contribution in [0.2, 0.25) is 0 Å². The molecule has 148 valence electrons. The molecule has 0 aliphatic carbocycles. The van der Waals surface area contributed by atoms with E-state index in [0.717, 1.165) is 39.3 Å². The molecule has 2 aromatic carbocycles. The molecule has 1 aliphatic rings. The van der Waals surface area contributed by atoms with E-state index in [4.69, 9.17) is 4.74 Å². The number of rotatable bonds is 8. The molecule has 1 aliphatic heterocycles. The Morgan fingerprint density at radius 1 is 0.964 bits per heavy atom. The van der Waals surface area contributed by atoms with E-state index in [1.807, 2.05) is 42.5 Å². The number of aliphatic hydroxyl groups is 1. The maximum absolute atomic E-state index is 12.9. The molecule has 0 saturated carbocycles. The number of benzene rings is 2. The molecule has 2 aromatic rings. The fourth-order valence-electron chi connectivity index (χ4n) is 3.77. The second-order valence-corrected chi connectivity index (χ2v) is 7.32. The Kier molecular flexibility index (Phi) is 6.98. The molecule has 1 heterocycles. The predicted octanol–water partition coefficient (Wildman–Crippen LogP) is -0.565. The summed E-state index contributed by atoms with van der Waals surface area (Å²) in [6.07, 6.45) is 1.97. The Morgan fingerprint density at radius 2 is 1.46 bits per heavy atom. The Hall–Kier alpha value is -2.47. The smallest absolute Gasteiger partial charge is 0.347 e. The summed E-state index contributed by atoms with van der Waals surface area (Å²) in [6, 6.07) is 18.0. The molecule has 5 nitrogen and oxygen atoms in total. The number of piperazine rings is 1. The molecule has 1 fully saturated rings. The minimum absolute atomic E-state index is 0.299. The monoisotopic (exact) mass is 382 g/mol. The summed E-state index contributed by atoms with van der Waals surface area (Å²) in [4.78, 5) is 15.9. The first-order valence-corrected chi connectivity index (χ1v) is 9.93. The van der Waals surface area contributed by atoms with E-state index in [0.29, 0.717) is 17.7 Å². The molecular weight excluding hydrogens is 352 g/mol. The number of nitrogens with one attached hydrogen (secondary N) is 2. The van der Waals surface area contributed by atoms with Gasteiger partial charge in [0.25, 0.3) is 0 Å². The molecule has 28 heavy (non-hydrogen) atoms. The molecule has 0 spiro atoms. The Balaban J connectivity index is 1.62. The topological polar surface area (TPSA) is 55.4 Å². The third-order valence-electron chi connectivity index (χ3n) is 5.46. The molecule has 3 rings (SSSR count). The lowest BCUT2D eigenvalue weighted by atomic mass is 9.86. The number of hydrogen-bond donors (Lipinski definition) is 3. The van der Waals surface area contributed by atoms with Crippen LogP contribution >= 0.6 is 0 Å². The molecular formula is C23H30N2O3+2. The quantitative estimate of drug-likeness (QED) is 0.424. The largest absolute Gasteiger partial charge is 0.457 e. The number of esters is 1. The van der Waals surface area contributed by atoms with Gasteiger partial charge in [-0.05, 0) is 17.2 Å².